The minimum atomic E-state index is -2.39. The molecule has 1 saturated heterocycles. The topological polar surface area (TPSA) is 135 Å². The van der Waals surface area contributed by atoms with Gasteiger partial charge < -0.3 is 20.9 Å². The number of likely N-dealkylation sites (N-methyl/N-ethyl adjacent to an activating group) is 1. The zero-order valence-corrected chi connectivity index (χ0v) is 22.0. The molecule has 1 aliphatic heterocycles. The number of pyridine rings is 3. The number of carbonyl (C=O) groups excluding carboxylic acids is 2. The van der Waals surface area contributed by atoms with Gasteiger partial charge >= 0.3 is 0 Å². The molecule has 0 spiro atoms. The van der Waals surface area contributed by atoms with Gasteiger partial charge in [0.25, 0.3) is 6.43 Å². The summed E-state index contributed by atoms with van der Waals surface area (Å²) >= 11 is 0. The van der Waals surface area contributed by atoms with E-state index in [1.54, 1.807) is 39.9 Å². The second-order valence-corrected chi connectivity index (χ2v) is 9.57. The molecule has 4 heterocycles. The van der Waals surface area contributed by atoms with Crippen LogP contribution in [0.25, 0.3) is 22.4 Å². The number of rotatable bonds is 10. The number of anilines is 1. The Morgan fingerprint density at radius 2 is 1.92 bits per heavy atom. The molecular weight excluding hydrogens is 508 g/mol. The Bertz CT molecular complexity index is 1410. The summed E-state index contributed by atoms with van der Waals surface area (Å²) in [6.45, 7) is 3.01. The molecule has 10 nitrogen and oxygen atoms in total. The Hall–Kier alpha value is -3.93. The SMILES string of the molecule is CCn1c(N)c(CC(=O)NC)c(=O)c2ccc(-c3ccc(CC(=O)NC[C@H]4CCCN4CC(F)F)cn3)nc21. The van der Waals surface area contributed by atoms with Gasteiger partial charge in [-0.25, -0.2) is 13.8 Å². The van der Waals surface area contributed by atoms with E-state index in [2.05, 4.69) is 20.6 Å². The van der Waals surface area contributed by atoms with E-state index in [4.69, 9.17) is 5.73 Å². The predicted octanol–water partition coefficient (Wildman–Crippen LogP) is 1.74. The Morgan fingerprint density at radius 1 is 1.15 bits per heavy atom. The summed E-state index contributed by atoms with van der Waals surface area (Å²) in [5.41, 5.74) is 8.34. The van der Waals surface area contributed by atoms with Gasteiger partial charge in [0.2, 0.25) is 11.8 Å². The van der Waals surface area contributed by atoms with Gasteiger partial charge in [0, 0.05) is 37.9 Å². The molecule has 0 bridgehead atoms. The molecule has 1 fully saturated rings. The number of nitrogens with zero attached hydrogens (tertiary/aromatic N) is 4. The number of nitrogen functional groups attached to an aromatic ring is 1. The smallest absolute Gasteiger partial charge is 0.251 e. The van der Waals surface area contributed by atoms with Crippen LogP contribution in [0.1, 0.15) is 30.9 Å². The molecule has 39 heavy (non-hydrogen) atoms. The number of hydrogen-bond acceptors (Lipinski definition) is 7. The van der Waals surface area contributed by atoms with Gasteiger partial charge in [-0.15, -0.1) is 0 Å². The highest BCUT2D eigenvalue weighted by Gasteiger charge is 2.27. The molecule has 1 atom stereocenters. The van der Waals surface area contributed by atoms with Gasteiger partial charge in [-0.05, 0) is 50.1 Å². The van der Waals surface area contributed by atoms with Crippen LogP contribution >= 0.6 is 0 Å². The van der Waals surface area contributed by atoms with Crippen molar-refractivity contribution in [1.29, 1.82) is 0 Å². The maximum atomic E-state index is 13.1. The molecule has 3 aromatic heterocycles. The van der Waals surface area contributed by atoms with Crippen LogP contribution < -0.4 is 21.8 Å². The van der Waals surface area contributed by atoms with Gasteiger partial charge in [0.15, 0.2) is 5.43 Å². The number of halogens is 2. The number of likely N-dealkylation sites (tertiary alicyclic amines) is 1. The minimum absolute atomic E-state index is 0.0723. The second kappa shape index (κ2) is 12.3. The molecule has 12 heteroatoms. The highest BCUT2D eigenvalue weighted by atomic mass is 19.3. The molecule has 4 N–H and O–H groups in total. The molecule has 1 aliphatic rings. The summed E-state index contributed by atoms with van der Waals surface area (Å²) in [6.07, 6.45) is 0.826. The highest BCUT2D eigenvalue weighted by Crippen LogP contribution is 2.22. The summed E-state index contributed by atoms with van der Waals surface area (Å²) in [5.74, 6) is -0.310. The summed E-state index contributed by atoms with van der Waals surface area (Å²) in [6, 6.07) is 6.79. The van der Waals surface area contributed by atoms with E-state index in [-0.39, 0.29) is 54.1 Å². The first-order valence-electron chi connectivity index (χ1n) is 13.0. The third kappa shape index (κ3) is 6.39. The Morgan fingerprint density at radius 3 is 2.59 bits per heavy atom. The molecule has 0 aliphatic carbocycles. The quantitative estimate of drug-likeness (QED) is 0.356. The Kier molecular flexibility index (Phi) is 8.85. The largest absolute Gasteiger partial charge is 0.385 e. The third-order valence-corrected chi connectivity index (χ3v) is 7.04. The van der Waals surface area contributed by atoms with Crippen LogP contribution in [-0.2, 0) is 29.0 Å². The summed E-state index contributed by atoms with van der Waals surface area (Å²) in [5, 5.41) is 5.72. The van der Waals surface area contributed by atoms with E-state index >= 15 is 0 Å². The van der Waals surface area contributed by atoms with Crippen LogP contribution in [0.15, 0.2) is 35.3 Å². The van der Waals surface area contributed by atoms with Crippen molar-refractivity contribution in [2.45, 2.75) is 51.6 Å². The van der Waals surface area contributed by atoms with Crippen LogP contribution in [0, 0.1) is 0 Å². The number of amides is 2. The van der Waals surface area contributed by atoms with Gasteiger partial charge in [0.05, 0.1) is 36.2 Å². The van der Waals surface area contributed by atoms with Crippen molar-refractivity contribution in [3.63, 3.8) is 0 Å². The summed E-state index contributed by atoms with van der Waals surface area (Å²) < 4.78 is 27.2. The number of hydrogen-bond donors (Lipinski definition) is 3. The first-order valence-corrected chi connectivity index (χ1v) is 13.0. The molecule has 208 valence electrons. The van der Waals surface area contributed by atoms with Crippen molar-refractivity contribution in [1.82, 2.24) is 30.1 Å². The molecule has 4 rings (SSSR count). The monoisotopic (exact) mass is 541 g/mol. The summed E-state index contributed by atoms with van der Waals surface area (Å²) in [7, 11) is 1.50. The second-order valence-electron chi connectivity index (χ2n) is 9.57. The lowest BCUT2D eigenvalue weighted by molar-refractivity contribution is -0.121. The average Bonchev–Trinajstić information content (AvgIpc) is 3.36. The van der Waals surface area contributed by atoms with Crippen LogP contribution in [0.3, 0.4) is 0 Å². The van der Waals surface area contributed by atoms with Gasteiger partial charge in [0.1, 0.15) is 11.5 Å². The normalized spacial score (nSPS) is 15.7. The van der Waals surface area contributed by atoms with E-state index in [0.29, 0.717) is 47.6 Å². The first kappa shape index (κ1) is 28.1. The molecule has 0 aromatic carbocycles. The Labute approximate surface area is 224 Å². The number of fused-ring (bicyclic) bond motifs is 1. The maximum Gasteiger partial charge on any atom is 0.251 e. The van der Waals surface area contributed by atoms with Crippen LogP contribution in [0.5, 0.6) is 0 Å². The number of carbonyl (C=O) groups is 2. The molecular formula is C27H33F2N7O3. The number of aryl methyl sites for hydroxylation is 1. The van der Waals surface area contributed by atoms with Crippen LogP contribution in [0.4, 0.5) is 14.6 Å². The van der Waals surface area contributed by atoms with Crippen molar-refractivity contribution in [2.24, 2.45) is 0 Å². The number of nitrogens with one attached hydrogen (secondary N) is 2. The lowest BCUT2D eigenvalue weighted by Gasteiger charge is -2.24. The fourth-order valence-corrected chi connectivity index (χ4v) is 4.97. The fourth-order valence-electron chi connectivity index (χ4n) is 4.97. The molecule has 3 aromatic rings. The van der Waals surface area contributed by atoms with Gasteiger partial charge in [-0.2, -0.15) is 0 Å². The Balaban J connectivity index is 1.47. The van der Waals surface area contributed by atoms with Crippen molar-refractivity contribution < 1.29 is 18.4 Å². The third-order valence-electron chi connectivity index (χ3n) is 7.04. The van der Waals surface area contributed by atoms with E-state index in [0.717, 1.165) is 12.8 Å². The van der Waals surface area contributed by atoms with E-state index in [1.807, 2.05) is 6.92 Å². The minimum Gasteiger partial charge on any atom is -0.385 e. The van der Waals surface area contributed by atoms with Crippen molar-refractivity contribution in [2.75, 3.05) is 32.4 Å². The van der Waals surface area contributed by atoms with E-state index < -0.39 is 6.43 Å². The first-order chi connectivity index (χ1) is 18.7. The number of aromatic nitrogens is 3. The van der Waals surface area contributed by atoms with Crippen molar-refractivity contribution in [3.8, 4) is 11.4 Å². The van der Waals surface area contributed by atoms with Crippen LogP contribution in [0.2, 0.25) is 0 Å². The average molecular weight is 542 g/mol. The van der Waals surface area contributed by atoms with Crippen molar-refractivity contribution in [3.05, 3.63) is 51.8 Å². The zero-order valence-electron chi connectivity index (χ0n) is 22.0. The van der Waals surface area contributed by atoms with Gasteiger partial charge in [-0.3, -0.25) is 24.3 Å². The molecule has 0 saturated carbocycles. The zero-order chi connectivity index (χ0) is 28.1. The van der Waals surface area contributed by atoms with Gasteiger partial charge in [-0.1, -0.05) is 6.07 Å². The lowest BCUT2D eigenvalue weighted by Crippen LogP contribution is -2.42. The van der Waals surface area contributed by atoms with E-state index in [1.165, 1.54) is 7.05 Å². The van der Waals surface area contributed by atoms with Crippen LogP contribution in [-0.4, -0.2) is 70.4 Å². The standard InChI is InChI=1S/C27H33F2N7O3/c1-3-36-26(30)19(12-23(37)31-2)25(39)18-7-9-21(34-27(18)36)20-8-6-16(13-32-20)11-24(38)33-14-17-5-4-10-35(17)15-22(28)29/h6-9,13,17,22H,3-5,10-12,14-15,30H2,1-2H3,(H,31,37)(H,33,38)/t17-/m1/s1. The number of nitrogens with two attached hydrogens (primary N) is 1. The molecule has 0 radical (unpaired) electrons. The highest BCUT2D eigenvalue weighted by molar-refractivity contribution is 5.85. The number of alkyl halides is 2. The molecule has 2 amide bonds. The van der Waals surface area contributed by atoms with E-state index in [9.17, 15) is 23.2 Å². The maximum absolute atomic E-state index is 13.1. The predicted molar refractivity (Wildman–Crippen MR) is 144 cm³/mol. The summed E-state index contributed by atoms with van der Waals surface area (Å²) in [4.78, 5) is 48.3. The molecule has 0 unspecified atom stereocenters. The van der Waals surface area contributed by atoms with Crippen molar-refractivity contribution >= 4 is 28.7 Å². The lowest BCUT2D eigenvalue weighted by atomic mass is 10.1. The fraction of sp³-hybridized carbons (Fsp3) is 0.444.